The predicted molar refractivity (Wildman–Crippen MR) is 46.4 cm³/mol. The Hall–Kier alpha value is 0.260. The van der Waals surface area contributed by atoms with Crippen LogP contribution in [0.5, 0.6) is 0 Å². The summed E-state index contributed by atoms with van der Waals surface area (Å²) in [4.78, 5) is 16.9. The van der Waals surface area contributed by atoms with Crippen molar-refractivity contribution in [3.8, 4) is 0 Å². The molecule has 0 amide bonds. The maximum Gasteiger partial charge on any atom is 0.484 e. The fourth-order valence-corrected chi connectivity index (χ4v) is 3.61. The molecule has 1 saturated heterocycles. The van der Waals surface area contributed by atoms with Gasteiger partial charge in [0.15, 0.2) is 0 Å². The molecule has 84 valence electrons. The van der Waals surface area contributed by atoms with E-state index in [4.69, 9.17) is 18.8 Å². The summed E-state index contributed by atoms with van der Waals surface area (Å²) in [7, 11) is -9.01. The van der Waals surface area contributed by atoms with Crippen LogP contribution in [0.4, 0.5) is 0 Å². The van der Waals surface area contributed by atoms with Gasteiger partial charge in [0.25, 0.3) is 0 Å². The molecule has 14 heavy (non-hydrogen) atoms. The maximum atomic E-state index is 11.5. The lowest BCUT2D eigenvalue weighted by atomic mass is 10.0. The number of phosphoric ester groups is 1. The number of rotatable bonds is 2. The molecule has 1 aliphatic rings. The Kier molecular flexibility index (Phi) is 2.98. The Bertz CT molecular complexity index is 318. The number of phosphoric acid groups is 2. The van der Waals surface area contributed by atoms with Gasteiger partial charge in [0.05, 0.1) is 6.10 Å². The van der Waals surface area contributed by atoms with Gasteiger partial charge in [-0.15, -0.1) is 0 Å². The average molecular weight is 246 g/mol. The highest BCUT2D eigenvalue weighted by molar-refractivity contribution is 7.61. The molecule has 1 fully saturated rings. The van der Waals surface area contributed by atoms with E-state index in [0.717, 1.165) is 0 Å². The van der Waals surface area contributed by atoms with Gasteiger partial charge in [-0.1, -0.05) is 0 Å². The second kappa shape index (κ2) is 3.39. The fraction of sp³-hybridized carbons (Fsp3) is 1.00. The Balaban J connectivity index is 2.82. The topological polar surface area (TPSA) is 102 Å². The van der Waals surface area contributed by atoms with E-state index < -0.39 is 27.4 Å². The van der Waals surface area contributed by atoms with E-state index in [1.165, 1.54) is 0 Å². The number of hydrogen-bond donors (Lipinski definition) is 2. The summed E-state index contributed by atoms with van der Waals surface area (Å²) < 4.78 is 35.5. The van der Waals surface area contributed by atoms with Crippen molar-refractivity contribution in [3.05, 3.63) is 0 Å². The molecule has 0 aliphatic carbocycles. The van der Waals surface area contributed by atoms with Crippen LogP contribution in [0.1, 0.15) is 20.8 Å². The second-order valence-electron chi connectivity index (χ2n) is 3.46. The first kappa shape index (κ1) is 12.3. The van der Waals surface area contributed by atoms with Crippen molar-refractivity contribution in [2.75, 3.05) is 0 Å². The molecule has 2 unspecified atom stereocenters. The van der Waals surface area contributed by atoms with E-state index in [2.05, 4.69) is 4.31 Å². The van der Waals surface area contributed by atoms with E-state index in [-0.39, 0.29) is 0 Å². The van der Waals surface area contributed by atoms with Gasteiger partial charge in [0.2, 0.25) is 0 Å². The van der Waals surface area contributed by atoms with Crippen molar-refractivity contribution in [2.45, 2.75) is 32.5 Å². The van der Waals surface area contributed by atoms with E-state index in [1.807, 2.05) is 0 Å². The molecule has 0 bridgehead atoms. The molecular weight excluding hydrogens is 234 g/mol. The zero-order chi connectivity index (χ0) is 11.2. The second-order valence-corrected chi connectivity index (χ2v) is 6.38. The smallest absolute Gasteiger partial charge is 0.302 e. The summed E-state index contributed by atoms with van der Waals surface area (Å²) in [5.41, 5.74) is -0.898. The third kappa shape index (κ3) is 2.87. The summed E-state index contributed by atoms with van der Waals surface area (Å²) in [6, 6.07) is 0. The Labute approximate surface area is 81.2 Å². The molecule has 2 N–H and O–H groups in total. The summed E-state index contributed by atoms with van der Waals surface area (Å²) in [6.45, 7) is 4.74. The maximum absolute atomic E-state index is 11.5. The summed E-state index contributed by atoms with van der Waals surface area (Å²) in [6.07, 6.45) is -0.570. The van der Waals surface area contributed by atoms with Crippen LogP contribution >= 0.6 is 15.6 Å². The van der Waals surface area contributed by atoms with Gasteiger partial charge in [-0.05, 0) is 20.8 Å². The first-order valence-corrected chi connectivity index (χ1v) is 6.79. The van der Waals surface area contributed by atoms with Crippen LogP contribution in [0.25, 0.3) is 0 Å². The van der Waals surface area contributed by atoms with E-state index in [1.54, 1.807) is 20.8 Å². The molecular formula is C5H12O7P2. The van der Waals surface area contributed by atoms with Gasteiger partial charge in [-0.25, -0.2) is 9.13 Å². The van der Waals surface area contributed by atoms with Crippen LogP contribution in [0.15, 0.2) is 0 Å². The van der Waals surface area contributed by atoms with Crippen molar-refractivity contribution in [1.29, 1.82) is 0 Å². The van der Waals surface area contributed by atoms with Gasteiger partial charge in [0.1, 0.15) is 5.60 Å². The van der Waals surface area contributed by atoms with Gasteiger partial charge < -0.3 is 9.79 Å². The third-order valence-electron chi connectivity index (χ3n) is 1.82. The Morgan fingerprint density at radius 1 is 1.50 bits per heavy atom. The highest BCUT2D eigenvalue weighted by Gasteiger charge is 2.52. The molecule has 0 spiro atoms. The van der Waals surface area contributed by atoms with Crippen molar-refractivity contribution in [1.82, 2.24) is 0 Å². The van der Waals surface area contributed by atoms with Gasteiger partial charge in [0, 0.05) is 0 Å². The van der Waals surface area contributed by atoms with Crippen LogP contribution < -0.4 is 0 Å². The molecule has 1 rings (SSSR count). The van der Waals surface area contributed by atoms with Crippen molar-refractivity contribution >= 4 is 15.6 Å². The van der Waals surface area contributed by atoms with Gasteiger partial charge in [-0.3, -0.25) is 9.05 Å². The zero-order valence-corrected chi connectivity index (χ0v) is 9.70. The first-order valence-electron chi connectivity index (χ1n) is 3.80. The molecule has 9 heteroatoms. The predicted octanol–water partition coefficient (Wildman–Crippen LogP) is 1.42. The molecule has 2 atom stereocenters. The van der Waals surface area contributed by atoms with Crippen LogP contribution in [-0.2, 0) is 22.5 Å². The molecule has 7 nitrogen and oxygen atoms in total. The van der Waals surface area contributed by atoms with Gasteiger partial charge >= 0.3 is 15.6 Å². The Morgan fingerprint density at radius 3 is 2.29 bits per heavy atom. The SMILES string of the molecule is CC1OP(=O)(OP(=O)(O)O)OC1(C)C. The highest BCUT2D eigenvalue weighted by Crippen LogP contribution is 2.67. The standard InChI is InChI=1S/C5H12O7P2/c1-4-5(2,3)11-14(9,10-4)12-13(6,7)8/h4H,1-3H3,(H2,6,7,8). The first-order chi connectivity index (χ1) is 6.04. The lowest BCUT2D eigenvalue weighted by molar-refractivity contribution is 0.0826. The van der Waals surface area contributed by atoms with Gasteiger partial charge in [-0.2, -0.15) is 4.31 Å². The molecule has 0 radical (unpaired) electrons. The zero-order valence-electron chi connectivity index (χ0n) is 7.91. The molecule has 1 heterocycles. The lowest BCUT2D eigenvalue weighted by Gasteiger charge is -2.18. The van der Waals surface area contributed by atoms with Crippen LogP contribution in [0.2, 0.25) is 0 Å². The highest BCUT2D eigenvalue weighted by atomic mass is 31.3. The average Bonchev–Trinajstić information content (AvgIpc) is 1.94. The van der Waals surface area contributed by atoms with E-state index in [9.17, 15) is 9.13 Å². The molecule has 0 aromatic rings. The lowest BCUT2D eigenvalue weighted by Crippen LogP contribution is -2.29. The normalized spacial score (nSPS) is 37.4. The quantitative estimate of drug-likeness (QED) is 0.710. The van der Waals surface area contributed by atoms with Crippen molar-refractivity contribution < 1.29 is 32.3 Å². The van der Waals surface area contributed by atoms with Crippen LogP contribution in [0, 0.1) is 0 Å². The summed E-state index contributed by atoms with van der Waals surface area (Å²) in [5, 5.41) is 0. The van der Waals surface area contributed by atoms with Crippen molar-refractivity contribution in [3.63, 3.8) is 0 Å². The third-order valence-corrected chi connectivity index (χ3v) is 4.74. The minimum absolute atomic E-state index is 0.570. The van der Waals surface area contributed by atoms with E-state index >= 15 is 0 Å². The van der Waals surface area contributed by atoms with Crippen LogP contribution in [-0.4, -0.2) is 21.5 Å². The molecule has 0 aromatic carbocycles. The number of hydrogen-bond acceptors (Lipinski definition) is 5. The Morgan fingerprint density at radius 2 is 2.00 bits per heavy atom. The molecule has 0 saturated carbocycles. The van der Waals surface area contributed by atoms with Crippen LogP contribution in [0.3, 0.4) is 0 Å². The monoisotopic (exact) mass is 246 g/mol. The summed E-state index contributed by atoms with van der Waals surface area (Å²) in [5.74, 6) is 0. The summed E-state index contributed by atoms with van der Waals surface area (Å²) >= 11 is 0. The largest absolute Gasteiger partial charge is 0.484 e. The molecule has 0 aromatic heterocycles. The minimum atomic E-state index is -4.88. The van der Waals surface area contributed by atoms with E-state index in [0.29, 0.717) is 0 Å². The van der Waals surface area contributed by atoms with Crippen molar-refractivity contribution in [2.24, 2.45) is 0 Å². The fourth-order valence-electron chi connectivity index (χ4n) is 0.871. The molecule has 1 aliphatic heterocycles. The minimum Gasteiger partial charge on any atom is -0.302 e.